The van der Waals surface area contributed by atoms with Crippen LogP contribution < -0.4 is 46.9 Å². The Hall–Kier alpha value is -10.4. The van der Waals surface area contributed by atoms with Crippen LogP contribution in [0.2, 0.25) is 0 Å². The van der Waals surface area contributed by atoms with Gasteiger partial charge in [-0.25, -0.2) is 14.6 Å². The maximum atomic E-state index is 14.6. The number of anilines is 3. The smallest absolute Gasteiger partial charge is 0.416 e. The number of likely N-dealkylation sites (tertiary alicyclic amines) is 2. The number of piperidine rings is 1. The lowest BCUT2D eigenvalue weighted by atomic mass is 9.91. The molecule has 5 aliphatic rings. The summed E-state index contributed by atoms with van der Waals surface area (Å²) in [6.45, 7) is 18.0. The minimum Gasteiger partial charge on any atom is -0.507 e. The lowest BCUT2D eigenvalue weighted by molar-refractivity contribution is -0.141. The molecule has 11 rings (SSSR count). The van der Waals surface area contributed by atoms with Crippen molar-refractivity contribution in [2.24, 2.45) is 17.6 Å². The van der Waals surface area contributed by atoms with Gasteiger partial charge < -0.3 is 66.3 Å². The number of β-amino-alcohol motifs (C(OH)–C–C–N with tert-alkyl or cyclic N) is 1. The molecule has 5 aliphatic heterocycles. The van der Waals surface area contributed by atoms with Gasteiger partial charge in [0, 0.05) is 94.2 Å². The number of aromatic nitrogens is 4. The van der Waals surface area contributed by atoms with Crippen LogP contribution in [0, 0.1) is 18.8 Å². The molecule has 3 saturated heterocycles. The molecular weight excluding hydrogens is 1410 g/mol. The van der Waals surface area contributed by atoms with Gasteiger partial charge in [-0.3, -0.25) is 53.2 Å². The monoisotopic (exact) mass is 1500 g/mol. The topological polar surface area (TPSA) is 383 Å². The number of benzene rings is 3. The standard InChI is InChI=1S/C77H98N16O14S/c1-45(2)68(75(102)92-41-55(94)38-60(92)73(100)81-47(5)51-20-22-52(23-21-51)70-48(6)80-44-108-70)63-40-65(87-107-63)105-37-36-88-32-28-54(29-33-88)89-34-35-90-59-39-58(56-14-10-11-16-62(56)95)85-86-71(59)93(49(7)61(90)42-89)77(104)106-43-50-18-24-53(25-19-50)82-72(99)57(15-13-30-79-76(78)103)83-74(101)69(46(3)4)84-64(96)17-9-8-12-31-91-66(97)26-27-67(91)98/h10-11,14,16,18-27,39-40,44-47,49,54-55,57,60-61,68-69,94-95H,8-9,12-13,15,17,28-38,41-43H2,1-7H3,(H,81,100)(H,82,99)(H,83,101)(H,84,96)(H3,78,79,103)/t47-,49-,55+,57-,60-,61-,68+,69-/m0/s1. The first-order valence-corrected chi connectivity index (χ1v) is 38.1. The molecule has 6 aromatic rings. The number of aryl methyl sites for hydroxylation is 1. The van der Waals surface area contributed by atoms with Crippen LogP contribution in [0.25, 0.3) is 21.7 Å². The first-order chi connectivity index (χ1) is 51.9. The number of unbranched alkanes of at least 4 members (excludes halogenated alkanes) is 2. The van der Waals surface area contributed by atoms with Crippen molar-refractivity contribution in [3.63, 3.8) is 0 Å². The average molecular weight is 1500 g/mol. The van der Waals surface area contributed by atoms with Crippen LogP contribution in [0.1, 0.15) is 134 Å². The number of aliphatic hydroxyl groups is 1. The lowest BCUT2D eigenvalue weighted by Gasteiger charge is -2.53. The van der Waals surface area contributed by atoms with Crippen molar-refractivity contribution in [3.8, 4) is 33.3 Å². The van der Waals surface area contributed by atoms with Crippen molar-refractivity contribution in [1.82, 2.24) is 61.2 Å². The number of aromatic hydroxyl groups is 1. The predicted molar refractivity (Wildman–Crippen MR) is 403 cm³/mol. The highest BCUT2D eigenvalue weighted by Crippen LogP contribution is 2.42. The van der Waals surface area contributed by atoms with E-state index >= 15 is 0 Å². The molecule has 0 aliphatic carbocycles. The Balaban J connectivity index is 0.669. The molecule has 0 saturated carbocycles. The zero-order valence-electron chi connectivity index (χ0n) is 62.1. The number of piperazine rings is 1. The number of hydrogen-bond donors (Lipinski definition) is 8. The summed E-state index contributed by atoms with van der Waals surface area (Å²) in [5.74, 6) is -3.44. The number of urea groups is 1. The number of rotatable bonds is 31. The van der Waals surface area contributed by atoms with Gasteiger partial charge in [-0.15, -0.1) is 21.5 Å². The van der Waals surface area contributed by atoms with Crippen LogP contribution in [0.15, 0.2) is 107 Å². The number of nitrogens with one attached hydrogen (secondary N) is 5. The second kappa shape index (κ2) is 36.0. The van der Waals surface area contributed by atoms with Gasteiger partial charge in [0.2, 0.25) is 29.5 Å². The van der Waals surface area contributed by atoms with Gasteiger partial charge in [0.15, 0.2) is 11.6 Å². The minimum atomic E-state index is -1.10. The predicted octanol–water partition coefficient (Wildman–Crippen LogP) is 6.93. The molecule has 0 radical (unpaired) electrons. The number of phenolic OH excluding ortho intramolecular Hbond substituents is 1. The van der Waals surface area contributed by atoms with Gasteiger partial charge in [-0.1, -0.05) is 82.6 Å². The van der Waals surface area contributed by atoms with Crippen LogP contribution in [0.5, 0.6) is 11.6 Å². The van der Waals surface area contributed by atoms with Gasteiger partial charge >= 0.3 is 12.1 Å². The number of hydrogen-bond acceptors (Lipinski definition) is 22. The van der Waals surface area contributed by atoms with Crippen LogP contribution in [0.3, 0.4) is 0 Å². The summed E-state index contributed by atoms with van der Waals surface area (Å²) in [7, 11) is 0. The summed E-state index contributed by atoms with van der Waals surface area (Å²) in [5.41, 5.74) is 12.6. The summed E-state index contributed by atoms with van der Waals surface area (Å²) in [4.78, 5) is 136. The summed E-state index contributed by atoms with van der Waals surface area (Å²) < 4.78 is 18.0. The van der Waals surface area contributed by atoms with Crippen molar-refractivity contribution in [3.05, 3.63) is 125 Å². The Morgan fingerprint density at radius 2 is 1.55 bits per heavy atom. The summed E-state index contributed by atoms with van der Waals surface area (Å²) in [5, 5.41) is 49.2. The van der Waals surface area contributed by atoms with Gasteiger partial charge in [0.25, 0.3) is 17.7 Å². The quantitative estimate of drug-likeness (QED) is 0.0162. The molecule has 31 heteroatoms. The molecule has 108 heavy (non-hydrogen) atoms. The highest BCUT2D eigenvalue weighted by molar-refractivity contribution is 7.13. The largest absolute Gasteiger partial charge is 0.507 e. The van der Waals surface area contributed by atoms with Crippen LogP contribution in [0.4, 0.5) is 26.8 Å². The summed E-state index contributed by atoms with van der Waals surface area (Å²) in [6, 6.07) is 20.6. The van der Waals surface area contributed by atoms with E-state index in [1.54, 1.807) is 84.7 Å². The number of thiazole rings is 1. The summed E-state index contributed by atoms with van der Waals surface area (Å²) >= 11 is 1.57. The summed E-state index contributed by atoms with van der Waals surface area (Å²) in [6.07, 6.45) is 4.79. The number of nitrogens with two attached hydrogens (primary N) is 1. The molecule has 576 valence electrons. The van der Waals surface area contributed by atoms with Crippen molar-refractivity contribution in [1.29, 1.82) is 0 Å². The average Bonchev–Trinajstić information content (AvgIpc) is 0.872. The van der Waals surface area contributed by atoms with Gasteiger partial charge in [0.1, 0.15) is 43.0 Å². The normalized spacial score (nSPS) is 19.4. The van der Waals surface area contributed by atoms with Crippen molar-refractivity contribution in [2.75, 3.05) is 80.6 Å². The second-order valence-electron chi connectivity index (χ2n) is 29.0. The van der Waals surface area contributed by atoms with Crippen molar-refractivity contribution >= 4 is 82.0 Å². The van der Waals surface area contributed by atoms with E-state index in [0.717, 1.165) is 59.1 Å². The molecule has 30 nitrogen and oxygen atoms in total. The van der Waals surface area contributed by atoms with Crippen LogP contribution in [-0.2, 0) is 44.9 Å². The molecule has 3 fully saturated rings. The van der Waals surface area contributed by atoms with Gasteiger partial charge in [-0.2, -0.15) is 0 Å². The number of aliphatic hydroxyl groups excluding tert-OH is 1. The highest BCUT2D eigenvalue weighted by atomic mass is 32.1. The fourth-order valence-electron chi connectivity index (χ4n) is 14.8. The van der Waals surface area contributed by atoms with E-state index in [4.69, 9.17) is 19.7 Å². The number of amides is 10. The first-order valence-electron chi connectivity index (χ1n) is 37.2. The fraction of sp³-hybridized carbons (Fsp3) is 0.494. The third-order valence-corrected chi connectivity index (χ3v) is 21.8. The molecule has 3 aromatic carbocycles. The Kier molecular flexibility index (Phi) is 26.2. The molecule has 0 bridgehead atoms. The first kappa shape index (κ1) is 78.7. The third kappa shape index (κ3) is 19.3. The number of primary amides is 1. The van der Waals surface area contributed by atoms with E-state index in [0.29, 0.717) is 85.3 Å². The van der Waals surface area contributed by atoms with Crippen molar-refractivity contribution in [2.45, 2.75) is 167 Å². The molecular formula is C77H98N16O14S. The molecule has 3 aromatic heterocycles. The molecule has 8 heterocycles. The molecule has 10 amide bonds. The van der Waals surface area contributed by atoms with Gasteiger partial charge in [-0.05, 0) is 136 Å². The van der Waals surface area contributed by atoms with E-state index in [2.05, 4.69) is 61.6 Å². The zero-order chi connectivity index (χ0) is 76.9. The van der Waals surface area contributed by atoms with E-state index in [1.807, 2.05) is 70.5 Å². The molecule has 9 N–H and O–H groups in total. The number of fused-ring (bicyclic) bond motifs is 3. The highest BCUT2D eigenvalue weighted by Gasteiger charge is 2.47. The SMILES string of the molecule is Cc1ncsc1-c1ccc([C@H](C)NC(=O)[C@@H]2C[C@@H](O)CN2C(=O)[C@@H](c2cc(OCCN3CCC(N4CCN5c6cc(-c7ccccc7O)nnc6N(C(=O)OCc6ccc(NC(=O)[C@H](CCCNC(N)=O)NC(=O)[C@@H](NC(=O)CCCCCN7C(=O)C=CC7=O)C(C)C)cc6)[C@@H](C)[C@@H]5C4)CC3)no2)C(C)C)cc1. The maximum absolute atomic E-state index is 14.6. The number of carbonyl (C=O) groups is 9. The molecule has 8 atom stereocenters. The van der Waals surface area contributed by atoms with Gasteiger partial charge in [0.05, 0.1) is 51.7 Å². The van der Waals surface area contributed by atoms with E-state index in [9.17, 15) is 53.4 Å². The Morgan fingerprint density at radius 3 is 2.24 bits per heavy atom. The number of imide groups is 1. The van der Waals surface area contributed by atoms with E-state index in [-0.39, 0.29) is 123 Å². The van der Waals surface area contributed by atoms with Crippen LogP contribution >= 0.6 is 11.3 Å². The number of ether oxygens (including phenoxy) is 2. The molecule has 0 unspecified atom stereocenters. The second-order valence-corrected chi connectivity index (χ2v) is 29.9. The van der Waals surface area contributed by atoms with Crippen molar-refractivity contribution < 1.29 is 67.4 Å². The maximum Gasteiger partial charge on any atom is 0.416 e. The lowest BCUT2D eigenvalue weighted by Crippen LogP contribution is -2.66. The minimum absolute atomic E-state index is 0.00558. The fourth-order valence-corrected chi connectivity index (χ4v) is 15.6. The number of phenols is 1. The number of para-hydroxylation sites is 1. The van der Waals surface area contributed by atoms with E-state index in [1.165, 1.54) is 17.1 Å². The number of nitrogens with zero attached hydrogens (tertiary/aromatic N) is 10. The molecule has 0 spiro atoms. The Labute approximate surface area is 631 Å². The zero-order valence-corrected chi connectivity index (χ0v) is 62.9. The number of carbonyl (C=O) groups excluding carboxylic acids is 9. The third-order valence-electron chi connectivity index (χ3n) is 20.8. The van der Waals surface area contributed by atoms with Crippen LogP contribution in [-0.4, -0.2) is 211 Å². The van der Waals surface area contributed by atoms with E-state index < -0.39 is 60.1 Å². The Bertz CT molecular complexity index is 4200. The Morgan fingerprint density at radius 1 is 0.806 bits per heavy atom.